The van der Waals surface area contributed by atoms with Crippen LogP contribution in [-0.4, -0.2) is 4.98 Å². The molecule has 0 saturated heterocycles. The number of hydrogen-bond acceptors (Lipinski definition) is 2. The number of nitrogen functional groups attached to an aromatic ring is 1. The highest BCUT2D eigenvalue weighted by molar-refractivity contribution is 5.65. The van der Waals surface area contributed by atoms with E-state index < -0.39 is 0 Å². The van der Waals surface area contributed by atoms with Crippen LogP contribution in [0.2, 0.25) is 0 Å². The molecule has 13 heavy (non-hydrogen) atoms. The molecule has 0 aliphatic heterocycles. The van der Waals surface area contributed by atoms with Crippen molar-refractivity contribution in [1.82, 2.24) is 4.98 Å². The SMILES string of the molecule is Nc1cncc(-c2ccccc2)c1. The fraction of sp³-hybridized carbons (Fsp3) is 0. The van der Waals surface area contributed by atoms with E-state index in [1.54, 1.807) is 6.20 Å². The Kier molecular flexibility index (Phi) is 1.96. The fourth-order valence-electron chi connectivity index (χ4n) is 1.25. The van der Waals surface area contributed by atoms with Gasteiger partial charge in [-0.3, -0.25) is 4.98 Å². The number of nitrogens with two attached hydrogens (primary N) is 1. The zero-order chi connectivity index (χ0) is 9.10. The van der Waals surface area contributed by atoms with Crippen LogP contribution in [0.25, 0.3) is 11.1 Å². The third-order valence-corrected chi connectivity index (χ3v) is 1.87. The van der Waals surface area contributed by atoms with Crippen molar-refractivity contribution in [3.8, 4) is 11.1 Å². The van der Waals surface area contributed by atoms with Crippen molar-refractivity contribution in [2.75, 3.05) is 5.73 Å². The second-order valence-electron chi connectivity index (χ2n) is 2.87. The summed E-state index contributed by atoms with van der Waals surface area (Å²) in [5.41, 5.74) is 8.53. The van der Waals surface area contributed by atoms with Gasteiger partial charge in [0.15, 0.2) is 0 Å². The Labute approximate surface area is 77.0 Å². The van der Waals surface area contributed by atoms with Gasteiger partial charge in [-0.05, 0) is 11.6 Å². The van der Waals surface area contributed by atoms with Gasteiger partial charge in [0.1, 0.15) is 0 Å². The Balaban J connectivity index is 2.48. The highest BCUT2D eigenvalue weighted by Crippen LogP contribution is 2.19. The Morgan fingerprint density at radius 1 is 0.923 bits per heavy atom. The molecule has 0 saturated carbocycles. The lowest BCUT2D eigenvalue weighted by molar-refractivity contribution is 1.33. The van der Waals surface area contributed by atoms with Crippen LogP contribution in [0.3, 0.4) is 0 Å². The van der Waals surface area contributed by atoms with Crippen molar-refractivity contribution in [2.45, 2.75) is 0 Å². The molecule has 0 radical (unpaired) electrons. The molecule has 0 fully saturated rings. The normalized spacial score (nSPS) is 9.85. The molecule has 64 valence electrons. The lowest BCUT2D eigenvalue weighted by Gasteiger charge is -2.00. The van der Waals surface area contributed by atoms with Crippen LogP contribution < -0.4 is 5.73 Å². The number of aromatic nitrogens is 1. The molecule has 1 aromatic heterocycles. The van der Waals surface area contributed by atoms with E-state index in [4.69, 9.17) is 5.73 Å². The molecule has 0 bridgehead atoms. The van der Waals surface area contributed by atoms with Gasteiger partial charge in [0.25, 0.3) is 0 Å². The molecule has 2 N–H and O–H groups in total. The summed E-state index contributed by atoms with van der Waals surface area (Å²) in [6.45, 7) is 0. The highest BCUT2D eigenvalue weighted by Gasteiger charge is 1.95. The summed E-state index contributed by atoms with van der Waals surface area (Å²) in [5, 5.41) is 0. The third-order valence-electron chi connectivity index (χ3n) is 1.87. The van der Waals surface area contributed by atoms with Gasteiger partial charge in [-0.2, -0.15) is 0 Å². The van der Waals surface area contributed by atoms with E-state index in [2.05, 4.69) is 4.98 Å². The average molecular weight is 170 g/mol. The van der Waals surface area contributed by atoms with Crippen LogP contribution in [0, 0.1) is 0 Å². The van der Waals surface area contributed by atoms with Crippen molar-refractivity contribution in [2.24, 2.45) is 0 Å². The second-order valence-corrected chi connectivity index (χ2v) is 2.87. The van der Waals surface area contributed by atoms with Crippen LogP contribution >= 0.6 is 0 Å². The largest absolute Gasteiger partial charge is 0.397 e. The first-order chi connectivity index (χ1) is 6.36. The van der Waals surface area contributed by atoms with Gasteiger partial charge < -0.3 is 5.73 Å². The standard InChI is InChI=1S/C11H10N2/c12-11-6-10(7-13-8-11)9-4-2-1-3-5-9/h1-8H,12H2. The van der Waals surface area contributed by atoms with Crippen LogP contribution in [-0.2, 0) is 0 Å². The molecule has 0 atom stereocenters. The Morgan fingerprint density at radius 3 is 2.38 bits per heavy atom. The van der Waals surface area contributed by atoms with E-state index in [-0.39, 0.29) is 0 Å². The first-order valence-corrected chi connectivity index (χ1v) is 4.12. The molecule has 0 aliphatic carbocycles. The zero-order valence-corrected chi connectivity index (χ0v) is 7.14. The number of anilines is 1. The molecule has 0 amide bonds. The summed E-state index contributed by atoms with van der Waals surface area (Å²) in [4.78, 5) is 4.04. The minimum atomic E-state index is 0.696. The summed E-state index contributed by atoms with van der Waals surface area (Å²) in [7, 11) is 0. The molecule has 2 rings (SSSR count). The van der Waals surface area contributed by atoms with Gasteiger partial charge in [0.05, 0.1) is 5.69 Å². The smallest absolute Gasteiger partial charge is 0.0506 e. The van der Waals surface area contributed by atoms with Crippen LogP contribution in [0.15, 0.2) is 48.8 Å². The summed E-state index contributed by atoms with van der Waals surface area (Å²) in [6.07, 6.45) is 3.46. The van der Waals surface area contributed by atoms with E-state index >= 15 is 0 Å². The minimum absolute atomic E-state index is 0.696. The lowest BCUT2D eigenvalue weighted by Crippen LogP contribution is -1.87. The summed E-state index contributed by atoms with van der Waals surface area (Å²) in [6, 6.07) is 12.0. The maximum Gasteiger partial charge on any atom is 0.0506 e. The predicted octanol–water partition coefficient (Wildman–Crippen LogP) is 2.33. The lowest BCUT2D eigenvalue weighted by atomic mass is 10.1. The van der Waals surface area contributed by atoms with E-state index in [1.807, 2.05) is 42.6 Å². The van der Waals surface area contributed by atoms with Crippen LogP contribution in [0.4, 0.5) is 5.69 Å². The first kappa shape index (κ1) is 7.80. The van der Waals surface area contributed by atoms with Crippen molar-refractivity contribution < 1.29 is 0 Å². The van der Waals surface area contributed by atoms with Crippen molar-refractivity contribution in [3.05, 3.63) is 48.8 Å². The van der Waals surface area contributed by atoms with E-state index in [9.17, 15) is 0 Å². The van der Waals surface area contributed by atoms with Gasteiger partial charge in [0, 0.05) is 18.0 Å². The molecule has 0 aliphatic rings. The number of rotatable bonds is 1. The Hall–Kier alpha value is -1.83. The van der Waals surface area contributed by atoms with Gasteiger partial charge in [-0.25, -0.2) is 0 Å². The fourth-order valence-corrected chi connectivity index (χ4v) is 1.25. The summed E-state index contributed by atoms with van der Waals surface area (Å²) < 4.78 is 0. The molecule has 2 heteroatoms. The second kappa shape index (κ2) is 3.27. The number of pyridine rings is 1. The van der Waals surface area contributed by atoms with Gasteiger partial charge >= 0.3 is 0 Å². The number of hydrogen-bond donors (Lipinski definition) is 1. The summed E-state index contributed by atoms with van der Waals surface area (Å²) >= 11 is 0. The minimum Gasteiger partial charge on any atom is -0.397 e. The summed E-state index contributed by atoms with van der Waals surface area (Å²) in [5.74, 6) is 0. The molecule has 1 heterocycles. The molecule has 0 spiro atoms. The monoisotopic (exact) mass is 170 g/mol. The van der Waals surface area contributed by atoms with Gasteiger partial charge in [0.2, 0.25) is 0 Å². The zero-order valence-electron chi connectivity index (χ0n) is 7.14. The third kappa shape index (κ3) is 1.67. The quantitative estimate of drug-likeness (QED) is 0.713. The number of benzene rings is 1. The molecular formula is C11H10N2. The molecule has 0 unspecified atom stereocenters. The Morgan fingerprint density at radius 2 is 1.69 bits per heavy atom. The molecule has 1 aromatic carbocycles. The van der Waals surface area contributed by atoms with E-state index in [0.717, 1.165) is 11.1 Å². The van der Waals surface area contributed by atoms with E-state index in [1.165, 1.54) is 0 Å². The Bertz CT molecular complexity index is 396. The highest BCUT2D eigenvalue weighted by atomic mass is 14.7. The predicted molar refractivity (Wildman–Crippen MR) is 54.1 cm³/mol. The topological polar surface area (TPSA) is 38.9 Å². The van der Waals surface area contributed by atoms with E-state index in [0.29, 0.717) is 5.69 Å². The van der Waals surface area contributed by atoms with Crippen LogP contribution in [0.5, 0.6) is 0 Å². The molecular weight excluding hydrogens is 160 g/mol. The van der Waals surface area contributed by atoms with Crippen molar-refractivity contribution >= 4 is 5.69 Å². The van der Waals surface area contributed by atoms with Gasteiger partial charge in [-0.1, -0.05) is 30.3 Å². The average Bonchev–Trinajstić information content (AvgIpc) is 2.19. The number of nitrogens with zero attached hydrogens (tertiary/aromatic N) is 1. The maximum atomic E-state index is 5.63. The maximum absolute atomic E-state index is 5.63. The van der Waals surface area contributed by atoms with Gasteiger partial charge in [-0.15, -0.1) is 0 Å². The first-order valence-electron chi connectivity index (χ1n) is 4.12. The van der Waals surface area contributed by atoms with Crippen molar-refractivity contribution in [1.29, 1.82) is 0 Å². The molecule has 2 nitrogen and oxygen atoms in total. The van der Waals surface area contributed by atoms with Crippen molar-refractivity contribution in [3.63, 3.8) is 0 Å². The van der Waals surface area contributed by atoms with Crippen LogP contribution in [0.1, 0.15) is 0 Å². The molecule has 2 aromatic rings.